The van der Waals surface area contributed by atoms with E-state index in [1.54, 1.807) is 28.4 Å². The van der Waals surface area contributed by atoms with Gasteiger partial charge in [0.1, 0.15) is 0 Å². The Hall–Kier alpha value is 0.979. The van der Waals surface area contributed by atoms with Gasteiger partial charge < -0.3 is 18.3 Å². The SMILES string of the molecule is COC1(OC)CCCC[Si]1(OC)OC.[PbH2]. The first-order valence-electron chi connectivity index (χ1n) is 4.91. The molecule has 0 spiro atoms. The Bertz CT molecular complexity index is 163. The van der Waals surface area contributed by atoms with Crippen molar-refractivity contribution in [3.63, 3.8) is 0 Å². The molecule has 0 saturated carbocycles. The standard InChI is InChI=1S/C9H20O4Si.Pb.2H/c1-10-9(11-2)7-5-6-8-14(9,12-3)13-4;;;/h5-8H2,1-4H3;;;. The summed E-state index contributed by atoms with van der Waals surface area (Å²) in [6.45, 7) is 0. The third-order valence-corrected chi connectivity index (χ3v) is 7.31. The Labute approximate surface area is 113 Å². The summed E-state index contributed by atoms with van der Waals surface area (Å²) >= 11 is 0. The van der Waals surface area contributed by atoms with Crippen molar-refractivity contribution >= 4 is 35.9 Å². The van der Waals surface area contributed by atoms with Crippen molar-refractivity contribution < 1.29 is 18.3 Å². The van der Waals surface area contributed by atoms with E-state index in [1.165, 1.54) is 0 Å². The van der Waals surface area contributed by atoms with Crippen molar-refractivity contribution in [2.45, 2.75) is 30.7 Å². The molecule has 0 aromatic carbocycles. The van der Waals surface area contributed by atoms with Gasteiger partial charge in [-0.05, 0) is 12.5 Å². The fourth-order valence-corrected chi connectivity index (χ4v) is 5.77. The number of hydrogen-bond donors (Lipinski definition) is 0. The van der Waals surface area contributed by atoms with Crippen LogP contribution in [-0.4, -0.2) is 69.7 Å². The number of ether oxygens (including phenoxy) is 2. The van der Waals surface area contributed by atoms with Crippen molar-refractivity contribution in [2.75, 3.05) is 28.4 Å². The quantitative estimate of drug-likeness (QED) is 0.482. The first-order valence-corrected chi connectivity index (χ1v) is 6.93. The summed E-state index contributed by atoms with van der Waals surface area (Å²) < 4.78 is 22.2. The summed E-state index contributed by atoms with van der Waals surface area (Å²) in [5, 5.41) is 0. The number of hydrogen-bond acceptors (Lipinski definition) is 4. The molecular formula is C9H22O4PbSi. The van der Waals surface area contributed by atoms with E-state index in [9.17, 15) is 0 Å². The molecule has 0 bridgehead atoms. The maximum absolute atomic E-state index is 5.59. The van der Waals surface area contributed by atoms with Gasteiger partial charge in [0, 0.05) is 34.9 Å². The first kappa shape index (κ1) is 16.0. The number of methoxy groups -OCH3 is 2. The zero-order valence-corrected chi connectivity index (χ0v) is 16.7. The van der Waals surface area contributed by atoms with Gasteiger partial charge in [0.15, 0.2) is 0 Å². The molecule has 0 N–H and O–H groups in total. The molecule has 0 aromatic rings. The van der Waals surface area contributed by atoms with E-state index in [0.717, 1.165) is 25.3 Å². The predicted octanol–water partition coefficient (Wildman–Crippen LogP) is 0.517. The third-order valence-electron chi connectivity index (χ3n) is 3.16. The van der Waals surface area contributed by atoms with Crippen molar-refractivity contribution in [3.05, 3.63) is 0 Å². The van der Waals surface area contributed by atoms with Crippen molar-refractivity contribution in [1.29, 1.82) is 0 Å². The van der Waals surface area contributed by atoms with Crippen LogP contribution < -0.4 is 0 Å². The van der Waals surface area contributed by atoms with Crippen LogP contribution in [0.1, 0.15) is 19.3 Å². The van der Waals surface area contributed by atoms with Crippen LogP contribution >= 0.6 is 0 Å². The van der Waals surface area contributed by atoms with Crippen molar-refractivity contribution in [1.82, 2.24) is 0 Å². The van der Waals surface area contributed by atoms with Gasteiger partial charge in [-0.2, -0.15) is 0 Å². The number of rotatable bonds is 4. The van der Waals surface area contributed by atoms with Gasteiger partial charge in [-0.15, -0.1) is 0 Å². The van der Waals surface area contributed by atoms with E-state index in [-0.39, 0.29) is 27.3 Å². The molecule has 0 aliphatic carbocycles. The van der Waals surface area contributed by atoms with Gasteiger partial charge in [0.2, 0.25) is 5.41 Å². The Morgan fingerprint density at radius 1 is 0.933 bits per heavy atom. The predicted molar refractivity (Wildman–Crippen MR) is 63.7 cm³/mol. The van der Waals surface area contributed by atoms with Crippen LogP contribution in [0, 0.1) is 0 Å². The molecule has 0 atom stereocenters. The van der Waals surface area contributed by atoms with E-state index in [2.05, 4.69) is 0 Å². The van der Waals surface area contributed by atoms with Gasteiger partial charge in [0.25, 0.3) is 0 Å². The van der Waals surface area contributed by atoms with E-state index < -0.39 is 14.0 Å². The molecule has 4 nitrogen and oxygen atoms in total. The third kappa shape index (κ3) is 2.63. The molecule has 0 unspecified atom stereocenters. The minimum absolute atomic E-state index is 0. The zero-order valence-electron chi connectivity index (χ0n) is 10.2. The van der Waals surface area contributed by atoms with E-state index in [1.807, 2.05) is 0 Å². The van der Waals surface area contributed by atoms with Crippen LogP contribution in [0.3, 0.4) is 0 Å². The van der Waals surface area contributed by atoms with Gasteiger partial charge in [-0.1, -0.05) is 6.42 Å². The summed E-state index contributed by atoms with van der Waals surface area (Å²) in [5.41, 5.74) is -0.630. The molecule has 1 saturated heterocycles. The topological polar surface area (TPSA) is 36.9 Å². The van der Waals surface area contributed by atoms with Gasteiger partial charge in [-0.25, -0.2) is 0 Å². The first-order chi connectivity index (χ1) is 6.70. The van der Waals surface area contributed by atoms with Crippen LogP contribution in [0.5, 0.6) is 0 Å². The molecule has 1 rings (SSSR count). The van der Waals surface area contributed by atoms with Crippen LogP contribution in [0.2, 0.25) is 6.04 Å². The van der Waals surface area contributed by atoms with Crippen molar-refractivity contribution in [2.24, 2.45) is 0 Å². The summed E-state index contributed by atoms with van der Waals surface area (Å²) in [7, 11) is 4.34. The molecule has 6 heteroatoms. The van der Waals surface area contributed by atoms with E-state index >= 15 is 0 Å². The second kappa shape index (κ2) is 6.65. The van der Waals surface area contributed by atoms with Crippen molar-refractivity contribution in [3.8, 4) is 0 Å². The fourth-order valence-electron chi connectivity index (χ4n) is 2.29. The van der Waals surface area contributed by atoms with Gasteiger partial charge in [0.05, 0.1) is 0 Å². The normalized spacial score (nSPS) is 23.2. The van der Waals surface area contributed by atoms with Crippen LogP contribution in [0.25, 0.3) is 0 Å². The minimum atomic E-state index is -2.35. The van der Waals surface area contributed by atoms with Crippen LogP contribution in [0.4, 0.5) is 0 Å². The fraction of sp³-hybridized carbons (Fsp3) is 1.00. The molecule has 1 aliphatic rings. The second-order valence-corrected chi connectivity index (χ2v) is 7.11. The maximum atomic E-state index is 5.59. The molecule has 0 amide bonds. The zero-order chi connectivity index (χ0) is 10.7. The summed E-state index contributed by atoms with van der Waals surface area (Å²) in [6.07, 6.45) is 3.08. The van der Waals surface area contributed by atoms with Gasteiger partial charge in [-0.3, -0.25) is 0 Å². The average molecular weight is 430 g/mol. The monoisotopic (exact) mass is 430 g/mol. The molecule has 1 aliphatic heterocycles. The summed E-state index contributed by atoms with van der Waals surface area (Å²) in [5.74, 6) is 0. The van der Waals surface area contributed by atoms with Crippen LogP contribution in [-0.2, 0) is 18.3 Å². The summed E-state index contributed by atoms with van der Waals surface area (Å²) in [4.78, 5) is 0. The van der Waals surface area contributed by atoms with Gasteiger partial charge >= 0.3 is 35.9 Å². The second-order valence-electron chi connectivity index (χ2n) is 3.53. The Morgan fingerprint density at radius 3 is 1.80 bits per heavy atom. The molecule has 90 valence electrons. The molecule has 1 fully saturated rings. The Morgan fingerprint density at radius 2 is 1.47 bits per heavy atom. The molecule has 1 heterocycles. The molecular weight excluding hydrogens is 407 g/mol. The molecule has 2 radical (unpaired) electrons. The van der Waals surface area contributed by atoms with E-state index in [4.69, 9.17) is 18.3 Å². The summed E-state index contributed by atoms with van der Waals surface area (Å²) in [6, 6.07) is 0.932. The van der Waals surface area contributed by atoms with Crippen LogP contribution in [0.15, 0.2) is 0 Å². The Kier molecular flexibility index (Phi) is 7.08. The average Bonchev–Trinajstić information content (AvgIpc) is 2.28. The molecule has 0 aromatic heterocycles. The van der Waals surface area contributed by atoms with E-state index in [0.29, 0.717) is 0 Å². The molecule has 15 heavy (non-hydrogen) atoms. The Balaban J connectivity index is 0.00000196.